The van der Waals surface area contributed by atoms with Gasteiger partial charge in [0.05, 0.1) is 10.5 Å². The second-order valence-electron chi connectivity index (χ2n) is 10.0. The maximum Gasteiger partial charge on any atom is 0.334 e. The predicted octanol–water partition coefficient (Wildman–Crippen LogP) is 3.96. The summed E-state index contributed by atoms with van der Waals surface area (Å²) < 4.78 is 5.54. The number of non-ortho nitro benzene ring substituents is 1. The Hall–Kier alpha value is -4.09. The van der Waals surface area contributed by atoms with Crippen molar-refractivity contribution in [2.75, 3.05) is 19.7 Å². The topological polar surface area (TPSA) is 172 Å². The first-order valence-electron chi connectivity index (χ1n) is 13.0. The van der Waals surface area contributed by atoms with E-state index in [2.05, 4.69) is 10.3 Å². The van der Waals surface area contributed by atoms with Crippen molar-refractivity contribution in [3.8, 4) is 5.75 Å². The lowest BCUT2D eigenvalue weighted by Gasteiger charge is -2.49. The number of aliphatic hydroxyl groups excluding tert-OH is 1. The van der Waals surface area contributed by atoms with Crippen molar-refractivity contribution in [1.29, 1.82) is 0 Å². The average molecular weight is 554 g/mol. The van der Waals surface area contributed by atoms with Crippen LogP contribution in [0.25, 0.3) is 0 Å². The fourth-order valence-corrected chi connectivity index (χ4v) is 5.61. The molecule has 3 rings (SSSR count). The molecule has 1 aliphatic heterocycles. The lowest BCUT2D eigenvalue weighted by atomic mass is 9.52. The average Bonchev–Trinajstić information content (AvgIpc) is 2.91. The molecule has 1 unspecified atom stereocenters. The molecule has 2 aromatic carbocycles. The van der Waals surface area contributed by atoms with Gasteiger partial charge in [0.25, 0.3) is 5.69 Å². The van der Waals surface area contributed by atoms with Gasteiger partial charge < -0.3 is 25.4 Å². The third kappa shape index (κ3) is 6.05. The zero-order chi connectivity index (χ0) is 29.5. The number of nitro benzene ring substituents is 1. The number of carboxylic acid groups (broad SMARTS) is 2. The molecule has 0 bridgehead atoms. The molecule has 11 heteroatoms. The number of aliphatic imine (C=N–C) groups is 1. The Morgan fingerprint density at radius 1 is 1.10 bits per heavy atom. The summed E-state index contributed by atoms with van der Waals surface area (Å²) in [4.78, 5) is 40.9. The number of carboxylic acids is 2. The van der Waals surface area contributed by atoms with E-state index in [0.29, 0.717) is 25.1 Å². The predicted molar refractivity (Wildman–Crippen MR) is 149 cm³/mol. The van der Waals surface area contributed by atoms with Crippen molar-refractivity contribution >= 4 is 23.3 Å². The molecule has 0 radical (unpaired) electrons. The van der Waals surface area contributed by atoms with Crippen LogP contribution in [0.2, 0.25) is 0 Å². The van der Waals surface area contributed by atoms with Crippen LogP contribution in [0, 0.1) is 15.5 Å². The number of unbranched alkanes of at least 4 members (excludes halogenated alkanes) is 1. The molecule has 0 aliphatic carbocycles. The van der Waals surface area contributed by atoms with Crippen molar-refractivity contribution < 1.29 is 34.6 Å². The minimum atomic E-state index is -1.77. The third-order valence-corrected chi connectivity index (χ3v) is 7.60. The van der Waals surface area contributed by atoms with Crippen molar-refractivity contribution in [2.24, 2.45) is 10.4 Å². The molecule has 0 saturated carbocycles. The number of hydrogen-bond acceptors (Lipinski definition) is 8. The van der Waals surface area contributed by atoms with Gasteiger partial charge in [-0.2, -0.15) is 0 Å². The Labute approximate surface area is 232 Å². The number of hydrogen-bond donors (Lipinski definition) is 4. The van der Waals surface area contributed by atoms with Gasteiger partial charge in [0.1, 0.15) is 23.9 Å². The van der Waals surface area contributed by atoms with Gasteiger partial charge in [-0.25, -0.2) is 4.79 Å². The normalized spacial score (nSPS) is 21.4. The maximum atomic E-state index is 13.1. The number of nitro groups is 1. The number of benzene rings is 2. The third-order valence-electron chi connectivity index (χ3n) is 7.60. The molecule has 0 amide bonds. The number of allylic oxidation sites excluding steroid dienone is 1. The first kappa shape index (κ1) is 30.5. The molecule has 1 aliphatic rings. The second kappa shape index (κ2) is 12.8. The molecule has 1 heterocycles. The van der Waals surface area contributed by atoms with Crippen LogP contribution in [-0.2, 0) is 15.0 Å². The number of rotatable bonds is 14. The minimum absolute atomic E-state index is 0.0439. The summed E-state index contributed by atoms with van der Waals surface area (Å²) in [5, 5.41) is 45.7. The quantitative estimate of drug-likeness (QED) is 0.153. The van der Waals surface area contributed by atoms with E-state index in [1.807, 2.05) is 18.2 Å². The zero-order valence-electron chi connectivity index (χ0n) is 22.8. The van der Waals surface area contributed by atoms with E-state index in [-0.39, 0.29) is 47.8 Å². The molecule has 3 atom stereocenters. The highest BCUT2D eigenvalue weighted by Gasteiger charge is 2.62. The lowest BCUT2D eigenvalue weighted by molar-refractivity contribution is -0.385. The molecule has 0 fully saturated rings. The number of aliphatic hydroxyl groups is 1. The summed E-state index contributed by atoms with van der Waals surface area (Å²) in [6, 6.07) is 14.6. The summed E-state index contributed by atoms with van der Waals surface area (Å²) in [6.45, 7) is 5.45. The number of nitrogens with one attached hydrogen (secondary N) is 1. The van der Waals surface area contributed by atoms with Gasteiger partial charge in [-0.15, -0.1) is 0 Å². The molecular formula is C29H35N3O8. The van der Waals surface area contributed by atoms with Crippen LogP contribution in [0.4, 0.5) is 5.69 Å². The second-order valence-corrected chi connectivity index (χ2v) is 10.0. The van der Waals surface area contributed by atoms with E-state index in [0.717, 1.165) is 0 Å². The fraction of sp³-hybridized carbons (Fsp3) is 0.414. The molecule has 214 valence electrons. The van der Waals surface area contributed by atoms with Gasteiger partial charge in [-0.1, -0.05) is 36.8 Å². The SMILES string of the molecule is CC1=NC(C)=C(C(=O)O)C(C)(c2cccc([N+](=O)[O-])c2)[C@]1(CCCCNC[C@H](O)COc1ccccc1)C(=O)O. The Kier molecular flexibility index (Phi) is 9.78. The molecule has 40 heavy (non-hydrogen) atoms. The Balaban J connectivity index is 1.78. The number of nitrogens with zero attached hydrogens (tertiary/aromatic N) is 2. The Morgan fingerprint density at radius 3 is 2.42 bits per heavy atom. The highest BCUT2D eigenvalue weighted by Crippen LogP contribution is 2.55. The van der Waals surface area contributed by atoms with Gasteiger partial charge in [0.15, 0.2) is 0 Å². The Bertz CT molecular complexity index is 1310. The van der Waals surface area contributed by atoms with Crippen LogP contribution < -0.4 is 10.1 Å². The Morgan fingerprint density at radius 2 is 1.80 bits per heavy atom. The minimum Gasteiger partial charge on any atom is -0.491 e. The first-order chi connectivity index (χ1) is 18.9. The van der Waals surface area contributed by atoms with Crippen LogP contribution in [0.1, 0.15) is 45.6 Å². The van der Waals surface area contributed by atoms with E-state index in [9.17, 15) is 35.0 Å². The smallest absolute Gasteiger partial charge is 0.334 e. The van der Waals surface area contributed by atoms with Crippen molar-refractivity contribution in [3.05, 3.63) is 81.5 Å². The summed E-state index contributed by atoms with van der Waals surface area (Å²) in [5.74, 6) is -1.93. The maximum absolute atomic E-state index is 13.1. The monoisotopic (exact) mass is 553 g/mol. The van der Waals surface area contributed by atoms with Crippen LogP contribution >= 0.6 is 0 Å². The first-order valence-corrected chi connectivity index (χ1v) is 13.0. The molecular weight excluding hydrogens is 518 g/mol. The number of ether oxygens (including phenoxy) is 1. The van der Waals surface area contributed by atoms with Crippen LogP contribution in [0.5, 0.6) is 5.75 Å². The van der Waals surface area contributed by atoms with Crippen molar-refractivity contribution in [2.45, 2.75) is 51.6 Å². The summed E-state index contributed by atoms with van der Waals surface area (Å²) in [7, 11) is 0. The zero-order valence-corrected chi connectivity index (χ0v) is 22.8. The molecule has 0 spiro atoms. The van der Waals surface area contributed by atoms with Crippen LogP contribution in [0.15, 0.2) is 70.9 Å². The summed E-state index contributed by atoms with van der Waals surface area (Å²) >= 11 is 0. The van der Waals surface area contributed by atoms with Crippen molar-refractivity contribution in [3.63, 3.8) is 0 Å². The summed E-state index contributed by atoms with van der Waals surface area (Å²) in [6.07, 6.45) is 0.216. The van der Waals surface area contributed by atoms with Gasteiger partial charge in [0.2, 0.25) is 0 Å². The molecule has 0 aromatic heterocycles. The summed E-state index contributed by atoms with van der Waals surface area (Å²) in [5.41, 5.74) is -3.28. The van der Waals surface area contributed by atoms with Gasteiger partial charge in [0, 0.05) is 35.5 Å². The number of carbonyl (C=O) groups is 2. The van der Waals surface area contributed by atoms with Gasteiger partial charge in [-0.3, -0.25) is 19.9 Å². The van der Waals surface area contributed by atoms with Gasteiger partial charge in [-0.05, 0) is 57.9 Å². The molecule has 0 saturated heterocycles. The van der Waals surface area contributed by atoms with Crippen LogP contribution in [-0.4, -0.2) is 63.7 Å². The lowest BCUT2D eigenvalue weighted by Crippen LogP contribution is -2.57. The fourth-order valence-electron chi connectivity index (χ4n) is 5.61. The van der Waals surface area contributed by atoms with E-state index in [1.165, 1.54) is 38.1 Å². The number of aliphatic carboxylic acids is 2. The van der Waals surface area contributed by atoms with Crippen LogP contribution in [0.3, 0.4) is 0 Å². The van der Waals surface area contributed by atoms with Crippen molar-refractivity contribution in [1.82, 2.24) is 5.32 Å². The molecule has 4 N–H and O–H groups in total. The number of para-hydroxylation sites is 1. The van der Waals surface area contributed by atoms with E-state index in [4.69, 9.17) is 4.74 Å². The highest BCUT2D eigenvalue weighted by atomic mass is 16.6. The van der Waals surface area contributed by atoms with E-state index < -0.39 is 33.8 Å². The van der Waals surface area contributed by atoms with Gasteiger partial charge >= 0.3 is 11.9 Å². The highest BCUT2D eigenvalue weighted by molar-refractivity contribution is 6.11. The molecule has 2 aromatic rings. The molecule has 11 nitrogen and oxygen atoms in total. The largest absolute Gasteiger partial charge is 0.491 e. The van der Waals surface area contributed by atoms with E-state index in [1.54, 1.807) is 19.1 Å². The standard InChI is InChI=1S/C29H35N3O8/c1-19-25(26(34)35)28(3,21-10-9-11-22(16-21)32(38)39)29(27(36)37,20(2)31-19)14-7-8-15-30-17-23(33)18-40-24-12-5-4-6-13-24/h4-6,9-13,16,23,30,33H,7-8,14-15,17-18H2,1-3H3,(H,34,35)(H,36,37)/t23-,28?,29-/m0/s1. The van der Waals surface area contributed by atoms with E-state index >= 15 is 0 Å².